The van der Waals surface area contributed by atoms with Crippen LogP contribution in [-0.2, 0) is 20.7 Å². The van der Waals surface area contributed by atoms with Crippen LogP contribution >= 0.6 is 34.8 Å². The number of aromatic nitrogens is 1. The van der Waals surface area contributed by atoms with Gasteiger partial charge in [-0.05, 0) is 73.3 Å². The van der Waals surface area contributed by atoms with Crippen molar-refractivity contribution in [1.29, 1.82) is 0 Å². The number of pyridine rings is 1. The van der Waals surface area contributed by atoms with E-state index in [4.69, 9.17) is 34.8 Å². The molecular formula is C24H20Cl3N3O3S2. The van der Waals surface area contributed by atoms with Gasteiger partial charge in [0, 0.05) is 15.4 Å². The Balaban J connectivity index is 1.87. The van der Waals surface area contributed by atoms with E-state index < -0.39 is 20.7 Å². The number of nitrogens with one attached hydrogen (secondary N) is 2. The quantitative estimate of drug-likeness (QED) is 0.177. The molecule has 0 saturated carbocycles. The smallest absolute Gasteiger partial charge is 0.160 e. The molecule has 0 radical (unpaired) electrons. The van der Waals surface area contributed by atoms with Crippen LogP contribution in [0.25, 0.3) is 10.9 Å². The van der Waals surface area contributed by atoms with Crippen molar-refractivity contribution >= 4 is 83.6 Å². The van der Waals surface area contributed by atoms with E-state index in [9.17, 15) is 13.5 Å². The highest BCUT2D eigenvalue weighted by atomic mass is 35.5. The maximum absolute atomic E-state index is 13.9. The number of phenols is 1. The monoisotopic (exact) mass is 567 g/mol. The van der Waals surface area contributed by atoms with Gasteiger partial charge >= 0.3 is 0 Å². The van der Waals surface area contributed by atoms with E-state index in [2.05, 4.69) is 20.3 Å². The summed E-state index contributed by atoms with van der Waals surface area (Å²) in [5, 5.41) is 12.4. The number of aromatic hydroxyl groups is 1. The molecule has 3 aromatic carbocycles. The second kappa shape index (κ2) is 9.87. The molecule has 11 heteroatoms. The Morgan fingerprint density at radius 1 is 0.971 bits per heavy atom. The summed E-state index contributed by atoms with van der Waals surface area (Å²) in [4.78, 5) is 4.36. The zero-order valence-electron chi connectivity index (χ0n) is 18.6. The van der Waals surface area contributed by atoms with Crippen LogP contribution in [0.1, 0.15) is 11.1 Å². The van der Waals surface area contributed by atoms with Crippen molar-refractivity contribution in [2.24, 2.45) is 0 Å². The number of nitrogens with zero attached hydrogens (tertiary/aromatic N) is 1. The lowest BCUT2D eigenvalue weighted by Crippen LogP contribution is -2.15. The van der Waals surface area contributed by atoms with E-state index in [1.54, 1.807) is 56.3 Å². The van der Waals surface area contributed by atoms with Gasteiger partial charge in [-0.1, -0.05) is 46.9 Å². The van der Waals surface area contributed by atoms with Gasteiger partial charge in [0.1, 0.15) is 15.6 Å². The van der Waals surface area contributed by atoms with E-state index >= 15 is 0 Å². The van der Waals surface area contributed by atoms with Crippen LogP contribution in [0, 0.1) is 13.8 Å². The van der Waals surface area contributed by atoms with Crippen molar-refractivity contribution < 1.29 is 13.5 Å². The van der Waals surface area contributed by atoms with Crippen molar-refractivity contribution in [1.82, 2.24) is 4.98 Å². The molecule has 0 aliphatic rings. The first-order valence-corrected chi connectivity index (χ1v) is 14.2. The fourth-order valence-electron chi connectivity index (χ4n) is 3.43. The van der Waals surface area contributed by atoms with Crippen LogP contribution in [0.2, 0.25) is 15.2 Å². The molecule has 2 atom stereocenters. The minimum atomic E-state index is -3.24. The first kappa shape index (κ1) is 25.6. The second-order valence-electron chi connectivity index (χ2n) is 7.72. The van der Waals surface area contributed by atoms with Gasteiger partial charge in [0.15, 0.2) is 16.7 Å². The summed E-state index contributed by atoms with van der Waals surface area (Å²) >= 11 is 18.5. The minimum absolute atomic E-state index is 0.0392. The van der Waals surface area contributed by atoms with Gasteiger partial charge in [0.2, 0.25) is 0 Å². The van der Waals surface area contributed by atoms with Crippen LogP contribution in [0.5, 0.6) is 5.75 Å². The molecule has 0 amide bonds. The molecule has 182 valence electrons. The van der Waals surface area contributed by atoms with Gasteiger partial charge < -0.3 is 14.6 Å². The average molecular weight is 569 g/mol. The summed E-state index contributed by atoms with van der Waals surface area (Å²) in [7, 11) is -5.21. The molecule has 0 bridgehead atoms. The van der Waals surface area contributed by atoms with Gasteiger partial charge in [-0.3, -0.25) is 0 Å². The standard InChI is InChI=1S/C24H20Cl3N3O3S2/c1-13-16(25)6-4-8-18(13)29-34(32)20-12-21(15-10-11-22(27)28-23(15)24(20)31)35(3,33)30-19-9-5-7-17(26)14(19)2/h4-12,29,31H,3H2,1-2H3,(H,30,33). The topological polar surface area (TPSA) is 91.3 Å². The molecule has 0 aliphatic carbocycles. The lowest BCUT2D eigenvalue weighted by molar-refractivity contribution is 0.466. The first-order valence-electron chi connectivity index (χ1n) is 10.2. The Morgan fingerprint density at radius 2 is 1.57 bits per heavy atom. The molecule has 6 nitrogen and oxygen atoms in total. The molecule has 0 aliphatic heterocycles. The van der Waals surface area contributed by atoms with E-state index in [1.165, 1.54) is 12.1 Å². The van der Waals surface area contributed by atoms with Gasteiger partial charge in [0.05, 0.1) is 26.0 Å². The predicted molar refractivity (Wildman–Crippen MR) is 148 cm³/mol. The molecule has 35 heavy (non-hydrogen) atoms. The lowest BCUT2D eigenvalue weighted by Gasteiger charge is -2.19. The molecule has 0 spiro atoms. The number of anilines is 2. The van der Waals surface area contributed by atoms with Gasteiger partial charge in [-0.15, -0.1) is 0 Å². The first-order chi connectivity index (χ1) is 16.5. The Kier molecular flexibility index (Phi) is 7.22. The SMILES string of the molecule is C=S(=O)(Nc1cccc(Cl)c1C)c1cc(S(=O)Nc2cccc(Cl)c2C)c(O)c2nc(Cl)ccc12. The maximum atomic E-state index is 13.9. The summed E-state index contributed by atoms with van der Waals surface area (Å²) < 4.78 is 33.1. The largest absolute Gasteiger partial charge is 0.504 e. The second-order valence-corrected chi connectivity index (χ2v) is 12.1. The number of fused-ring (bicyclic) bond motifs is 1. The molecular weight excluding hydrogens is 549 g/mol. The van der Waals surface area contributed by atoms with Crippen LogP contribution in [0.4, 0.5) is 11.4 Å². The number of benzene rings is 3. The zero-order valence-corrected chi connectivity index (χ0v) is 22.5. The van der Waals surface area contributed by atoms with Crippen molar-refractivity contribution in [2.75, 3.05) is 9.44 Å². The lowest BCUT2D eigenvalue weighted by atomic mass is 10.2. The number of hydrogen-bond acceptors (Lipinski definition) is 4. The van der Waals surface area contributed by atoms with Crippen LogP contribution in [0.3, 0.4) is 0 Å². The predicted octanol–water partition coefficient (Wildman–Crippen LogP) is 6.75. The van der Waals surface area contributed by atoms with E-state index in [-0.39, 0.29) is 26.2 Å². The summed E-state index contributed by atoms with van der Waals surface area (Å²) in [5.74, 6) is 3.56. The average Bonchev–Trinajstić information content (AvgIpc) is 2.80. The summed E-state index contributed by atoms with van der Waals surface area (Å²) in [6, 6.07) is 14.8. The highest BCUT2D eigenvalue weighted by molar-refractivity contribution is 8.01. The van der Waals surface area contributed by atoms with Crippen LogP contribution in [0.15, 0.2) is 64.4 Å². The van der Waals surface area contributed by atoms with E-state index in [0.29, 0.717) is 37.9 Å². The summed E-state index contributed by atoms with van der Waals surface area (Å²) in [6.45, 7) is 3.56. The summed E-state index contributed by atoms with van der Waals surface area (Å²) in [5.41, 5.74) is 2.46. The Hall–Kier alpha value is -2.49. The molecule has 2 unspecified atom stereocenters. The maximum Gasteiger partial charge on any atom is 0.160 e. The number of hydrogen-bond donors (Lipinski definition) is 3. The highest BCUT2D eigenvalue weighted by Gasteiger charge is 2.23. The van der Waals surface area contributed by atoms with Crippen LogP contribution < -0.4 is 9.44 Å². The van der Waals surface area contributed by atoms with Gasteiger partial charge in [-0.25, -0.2) is 13.4 Å². The van der Waals surface area contributed by atoms with E-state index in [0.717, 1.165) is 0 Å². The summed E-state index contributed by atoms with van der Waals surface area (Å²) in [6.07, 6.45) is 0. The molecule has 0 fully saturated rings. The normalized spacial score (nSPS) is 13.9. The molecule has 4 rings (SSSR count). The van der Waals surface area contributed by atoms with Crippen molar-refractivity contribution in [2.45, 2.75) is 23.6 Å². The Labute approximate surface area is 221 Å². The van der Waals surface area contributed by atoms with Gasteiger partial charge in [-0.2, -0.15) is 0 Å². The number of rotatable bonds is 6. The van der Waals surface area contributed by atoms with Crippen molar-refractivity contribution in [3.05, 3.63) is 80.9 Å². The van der Waals surface area contributed by atoms with Crippen molar-refractivity contribution in [3.8, 4) is 5.75 Å². The fourth-order valence-corrected chi connectivity index (χ4v) is 6.55. The third kappa shape index (κ3) is 5.08. The zero-order chi connectivity index (χ0) is 25.5. The van der Waals surface area contributed by atoms with Crippen molar-refractivity contribution in [3.63, 3.8) is 0 Å². The highest BCUT2D eigenvalue weighted by Crippen LogP contribution is 2.37. The fraction of sp³-hybridized carbons (Fsp3) is 0.0833. The Morgan fingerprint density at radius 3 is 2.23 bits per heavy atom. The molecule has 1 heterocycles. The third-order valence-corrected chi connectivity index (χ3v) is 9.16. The van der Waals surface area contributed by atoms with Crippen LogP contribution in [-0.4, -0.2) is 24.4 Å². The van der Waals surface area contributed by atoms with E-state index in [1.807, 2.05) is 0 Å². The number of halogens is 3. The number of phenolic OH excluding ortho intramolecular Hbond substituents is 1. The Bertz CT molecular complexity index is 1610. The molecule has 3 N–H and O–H groups in total. The van der Waals surface area contributed by atoms with Gasteiger partial charge in [0.25, 0.3) is 0 Å². The minimum Gasteiger partial charge on any atom is -0.504 e. The molecule has 4 aromatic rings. The molecule has 1 aromatic heterocycles. The third-order valence-electron chi connectivity index (χ3n) is 5.41. The molecule has 0 saturated heterocycles.